The molecule has 0 spiro atoms. The molecule has 0 aliphatic heterocycles. The zero-order chi connectivity index (χ0) is 16.0. The van der Waals surface area contributed by atoms with Gasteiger partial charge in [0.2, 0.25) is 0 Å². The monoisotopic (exact) mass is 302 g/mol. The van der Waals surface area contributed by atoms with Crippen molar-refractivity contribution in [2.45, 2.75) is 71.6 Å². The molecule has 2 rings (SSSR count). The van der Waals surface area contributed by atoms with Crippen molar-refractivity contribution >= 4 is 5.97 Å². The van der Waals surface area contributed by atoms with Gasteiger partial charge in [0.25, 0.3) is 0 Å². The molecular formula is C20H30O2. The molecule has 0 atom stereocenters. The average Bonchev–Trinajstić information content (AvgIpc) is 3.29. The third-order valence-corrected chi connectivity index (χ3v) is 4.95. The molecule has 122 valence electrons. The summed E-state index contributed by atoms with van der Waals surface area (Å²) in [4.78, 5) is 11.2. The maximum Gasteiger partial charge on any atom is 0.309 e. The van der Waals surface area contributed by atoms with Gasteiger partial charge in [-0.15, -0.1) is 0 Å². The number of benzene rings is 1. The van der Waals surface area contributed by atoms with E-state index in [0.29, 0.717) is 0 Å². The summed E-state index contributed by atoms with van der Waals surface area (Å²) < 4.78 is 0. The van der Waals surface area contributed by atoms with Crippen LogP contribution >= 0.6 is 0 Å². The van der Waals surface area contributed by atoms with E-state index in [9.17, 15) is 9.90 Å². The van der Waals surface area contributed by atoms with Crippen molar-refractivity contribution in [1.82, 2.24) is 0 Å². The molecule has 2 heteroatoms. The van der Waals surface area contributed by atoms with Gasteiger partial charge in [-0.3, -0.25) is 4.79 Å². The fourth-order valence-electron chi connectivity index (χ4n) is 3.03. The lowest BCUT2D eigenvalue weighted by Crippen LogP contribution is -2.23. The number of aliphatic carboxylic acids is 1. The Morgan fingerprint density at radius 2 is 1.68 bits per heavy atom. The highest BCUT2D eigenvalue weighted by molar-refractivity contribution is 5.73. The van der Waals surface area contributed by atoms with Crippen LogP contribution in [0.4, 0.5) is 0 Å². The molecule has 1 aromatic carbocycles. The van der Waals surface area contributed by atoms with Crippen LogP contribution in [-0.2, 0) is 17.6 Å². The molecule has 0 saturated heterocycles. The summed E-state index contributed by atoms with van der Waals surface area (Å²) in [6.07, 6.45) is 10.8. The normalized spacial score (nSPS) is 15.0. The Morgan fingerprint density at radius 1 is 1.09 bits per heavy atom. The molecule has 0 amide bonds. The Kier molecular flexibility index (Phi) is 6.05. The first-order valence-corrected chi connectivity index (χ1v) is 8.79. The molecule has 0 unspecified atom stereocenters. The number of unbranched alkanes of at least 4 members (excludes halogenated alkanes) is 1. The fourth-order valence-corrected chi connectivity index (χ4v) is 3.03. The minimum atomic E-state index is -0.694. The Balaban J connectivity index is 1.78. The summed E-state index contributed by atoms with van der Waals surface area (Å²) in [7, 11) is 0. The number of rotatable bonds is 10. The minimum Gasteiger partial charge on any atom is -0.481 e. The lowest BCUT2D eigenvalue weighted by atomic mass is 9.86. The van der Waals surface area contributed by atoms with E-state index < -0.39 is 11.4 Å². The van der Waals surface area contributed by atoms with Crippen LogP contribution in [0.25, 0.3) is 0 Å². The van der Waals surface area contributed by atoms with E-state index in [0.717, 1.165) is 25.2 Å². The quantitative estimate of drug-likeness (QED) is 0.600. The molecule has 1 aliphatic rings. The van der Waals surface area contributed by atoms with Gasteiger partial charge in [0.1, 0.15) is 0 Å². The van der Waals surface area contributed by atoms with Crippen molar-refractivity contribution in [3.63, 3.8) is 0 Å². The summed E-state index contributed by atoms with van der Waals surface area (Å²) in [5, 5.41) is 9.19. The molecule has 0 aromatic heterocycles. The van der Waals surface area contributed by atoms with Crippen molar-refractivity contribution < 1.29 is 9.90 Å². The van der Waals surface area contributed by atoms with Gasteiger partial charge >= 0.3 is 5.97 Å². The maximum absolute atomic E-state index is 11.2. The molecule has 1 saturated carbocycles. The van der Waals surface area contributed by atoms with E-state index in [1.807, 2.05) is 13.8 Å². The number of hydrogen-bond donors (Lipinski definition) is 1. The number of carbonyl (C=O) groups is 1. The number of hydrogen-bond acceptors (Lipinski definition) is 1. The van der Waals surface area contributed by atoms with Crippen LogP contribution in [-0.4, -0.2) is 11.1 Å². The Hall–Kier alpha value is -1.31. The van der Waals surface area contributed by atoms with E-state index in [2.05, 4.69) is 24.3 Å². The van der Waals surface area contributed by atoms with Crippen molar-refractivity contribution in [2.75, 3.05) is 0 Å². The van der Waals surface area contributed by atoms with Crippen molar-refractivity contribution in [1.29, 1.82) is 0 Å². The zero-order valence-corrected chi connectivity index (χ0v) is 14.1. The summed E-state index contributed by atoms with van der Waals surface area (Å²) in [6.45, 7) is 3.64. The molecule has 0 bridgehead atoms. The molecule has 1 N–H and O–H groups in total. The van der Waals surface area contributed by atoms with E-state index in [-0.39, 0.29) is 0 Å². The van der Waals surface area contributed by atoms with Gasteiger partial charge in [-0.1, -0.05) is 49.9 Å². The SMILES string of the molecule is CC(C)(CCCc1ccccc1CCCCC1CC1)C(=O)O. The van der Waals surface area contributed by atoms with Crippen LogP contribution in [0.3, 0.4) is 0 Å². The molecule has 1 aliphatic carbocycles. The summed E-state index contributed by atoms with van der Waals surface area (Å²) >= 11 is 0. The molecule has 1 aromatic rings. The summed E-state index contributed by atoms with van der Waals surface area (Å²) in [5.74, 6) is 0.342. The predicted molar refractivity (Wildman–Crippen MR) is 91.1 cm³/mol. The lowest BCUT2D eigenvalue weighted by Gasteiger charge is -2.19. The molecule has 0 heterocycles. The average molecular weight is 302 g/mol. The van der Waals surface area contributed by atoms with E-state index in [1.165, 1.54) is 49.7 Å². The molecule has 22 heavy (non-hydrogen) atoms. The molecule has 2 nitrogen and oxygen atoms in total. The van der Waals surface area contributed by atoms with Gasteiger partial charge in [0.15, 0.2) is 0 Å². The first-order valence-electron chi connectivity index (χ1n) is 8.79. The Bertz CT molecular complexity index is 486. The minimum absolute atomic E-state index is 0.612. The molecule has 0 radical (unpaired) electrons. The van der Waals surface area contributed by atoms with Crippen LogP contribution in [0, 0.1) is 11.3 Å². The van der Waals surface area contributed by atoms with Crippen molar-refractivity contribution in [3.05, 3.63) is 35.4 Å². The van der Waals surface area contributed by atoms with Gasteiger partial charge in [-0.25, -0.2) is 0 Å². The molecular weight excluding hydrogens is 272 g/mol. The third kappa shape index (κ3) is 5.47. The smallest absolute Gasteiger partial charge is 0.309 e. The van der Waals surface area contributed by atoms with E-state index in [4.69, 9.17) is 0 Å². The Labute approximate surface area is 134 Å². The zero-order valence-electron chi connectivity index (χ0n) is 14.1. The van der Waals surface area contributed by atoms with Gasteiger partial charge in [-0.05, 0) is 63.0 Å². The van der Waals surface area contributed by atoms with Crippen LogP contribution in [0.15, 0.2) is 24.3 Å². The van der Waals surface area contributed by atoms with Gasteiger partial charge in [0.05, 0.1) is 5.41 Å². The van der Waals surface area contributed by atoms with E-state index >= 15 is 0 Å². The fraction of sp³-hybridized carbons (Fsp3) is 0.650. The second kappa shape index (κ2) is 7.80. The number of carboxylic acids is 1. The topological polar surface area (TPSA) is 37.3 Å². The standard InChI is InChI=1S/C20H30O2/c1-20(2,19(21)22)15-7-12-18-11-6-5-10-17(18)9-4-3-8-16-13-14-16/h5-6,10-11,16H,3-4,7-9,12-15H2,1-2H3,(H,21,22). The second-order valence-corrected chi connectivity index (χ2v) is 7.50. The van der Waals surface area contributed by atoms with E-state index in [1.54, 1.807) is 0 Å². The van der Waals surface area contributed by atoms with Gasteiger partial charge < -0.3 is 5.11 Å². The van der Waals surface area contributed by atoms with Crippen LogP contribution in [0.2, 0.25) is 0 Å². The highest BCUT2D eigenvalue weighted by Gasteiger charge is 2.26. The van der Waals surface area contributed by atoms with Crippen LogP contribution < -0.4 is 0 Å². The van der Waals surface area contributed by atoms with Gasteiger partial charge in [-0.2, -0.15) is 0 Å². The number of carboxylic acid groups (broad SMARTS) is 1. The Morgan fingerprint density at radius 3 is 2.23 bits per heavy atom. The summed E-state index contributed by atoms with van der Waals surface area (Å²) in [5.41, 5.74) is 2.26. The first kappa shape index (κ1) is 17.1. The van der Waals surface area contributed by atoms with Crippen LogP contribution in [0.5, 0.6) is 0 Å². The maximum atomic E-state index is 11.2. The van der Waals surface area contributed by atoms with Crippen molar-refractivity contribution in [2.24, 2.45) is 11.3 Å². The van der Waals surface area contributed by atoms with Crippen molar-refractivity contribution in [3.8, 4) is 0 Å². The number of aryl methyl sites for hydroxylation is 2. The first-order chi connectivity index (χ1) is 10.5. The third-order valence-electron chi connectivity index (χ3n) is 4.95. The van der Waals surface area contributed by atoms with Crippen LogP contribution in [0.1, 0.15) is 69.9 Å². The highest BCUT2D eigenvalue weighted by Crippen LogP contribution is 2.34. The summed E-state index contributed by atoms with van der Waals surface area (Å²) in [6, 6.07) is 8.69. The predicted octanol–water partition coefficient (Wildman–Crippen LogP) is 5.24. The highest BCUT2D eigenvalue weighted by atomic mass is 16.4. The van der Waals surface area contributed by atoms with Gasteiger partial charge in [0, 0.05) is 0 Å². The lowest BCUT2D eigenvalue weighted by molar-refractivity contribution is -0.147. The largest absolute Gasteiger partial charge is 0.481 e. The molecule has 1 fully saturated rings. The second-order valence-electron chi connectivity index (χ2n) is 7.50.